The van der Waals surface area contributed by atoms with Gasteiger partial charge in [0.2, 0.25) is 0 Å². The molecular weight excluding hydrogens is 285 g/mol. The van der Waals surface area contributed by atoms with Crippen molar-refractivity contribution in [2.24, 2.45) is 5.84 Å². The van der Waals surface area contributed by atoms with Crippen LogP contribution in [0.3, 0.4) is 0 Å². The maximum Gasteiger partial charge on any atom is 0.418 e. The van der Waals surface area contributed by atoms with Crippen molar-refractivity contribution in [1.29, 1.82) is 0 Å². The van der Waals surface area contributed by atoms with Crippen LogP contribution in [-0.2, 0) is 6.18 Å². The lowest BCUT2D eigenvalue weighted by Gasteiger charge is -2.13. The summed E-state index contributed by atoms with van der Waals surface area (Å²) in [5, 5.41) is 2.20. The molecule has 0 aliphatic rings. The second-order valence-corrected chi connectivity index (χ2v) is 4.07. The van der Waals surface area contributed by atoms with Gasteiger partial charge in [0.05, 0.1) is 23.1 Å². The number of anilines is 2. The van der Waals surface area contributed by atoms with Gasteiger partial charge in [-0.15, -0.1) is 0 Å². The van der Waals surface area contributed by atoms with Crippen LogP contribution in [0.1, 0.15) is 16.1 Å². The molecule has 0 radical (unpaired) electrons. The summed E-state index contributed by atoms with van der Waals surface area (Å²) in [5.41, 5.74) is 1.54. The van der Waals surface area contributed by atoms with Crippen molar-refractivity contribution in [2.45, 2.75) is 6.18 Å². The zero-order valence-electron chi connectivity index (χ0n) is 10.6. The van der Waals surface area contributed by atoms with E-state index in [0.717, 1.165) is 6.07 Å². The summed E-state index contributed by atoms with van der Waals surface area (Å²) in [6.45, 7) is 0. The Bertz CT molecular complexity index is 641. The third-order valence-corrected chi connectivity index (χ3v) is 2.64. The highest BCUT2D eigenvalue weighted by molar-refractivity contribution is 6.03. The average molecular weight is 296 g/mol. The lowest BCUT2D eigenvalue weighted by molar-refractivity contribution is -0.136. The van der Waals surface area contributed by atoms with Gasteiger partial charge in [-0.2, -0.15) is 13.2 Å². The van der Waals surface area contributed by atoms with Crippen molar-refractivity contribution in [2.75, 3.05) is 10.7 Å². The van der Waals surface area contributed by atoms with Crippen LogP contribution in [0.25, 0.3) is 0 Å². The Balaban J connectivity index is 2.23. The van der Waals surface area contributed by atoms with Gasteiger partial charge in [-0.1, -0.05) is 12.1 Å². The van der Waals surface area contributed by atoms with Gasteiger partial charge in [0, 0.05) is 0 Å². The number of halogens is 3. The second-order valence-electron chi connectivity index (χ2n) is 4.07. The molecule has 0 aliphatic carbocycles. The number of hydrogen-bond donors (Lipinski definition) is 3. The molecule has 2 rings (SSSR count). The topological polar surface area (TPSA) is 80.0 Å². The van der Waals surface area contributed by atoms with E-state index in [9.17, 15) is 18.0 Å². The van der Waals surface area contributed by atoms with Crippen LogP contribution < -0.4 is 16.6 Å². The maximum absolute atomic E-state index is 12.8. The molecule has 0 bridgehead atoms. The largest absolute Gasteiger partial charge is 0.418 e. The van der Waals surface area contributed by atoms with Crippen molar-refractivity contribution < 1.29 is 18.0 Å². The first kappa shape index (κ1) is 14.8. The normalized spacial score (nSPS) is 11.0. The van der Waals surface area contributed by atoms with E-state index < -0.39 is 17.6 Å². The summed E-state index contributed by atoms with van der Waals surface area (Å²) in [6, 6.07) is 7.55. The highest BCUT2D eigenvalue weighted by atomic mass is 19.4. The molecular formula is C13H11F3N4O. The predicted octanol–water partition coefficient (Wildman–Crippen LogP) is 2.64. The minimum Gasteiger partial charge on any atom is -0.323 e. The molecule has 1 aromatic heterocycles. The summed E-state index contributed by atoms with van der Waals surface area (Å²) in [6.07, 6.45) is -3.25. The van der Waals surface area contributed by atoms with E-state index in [1.807, 2.05) is 0 Å². The van der Waals surface area contributed by atoms with E-state index in [-0.39, 0.29) is 11.4 Å². The first-order valence-electron chi connectivity index (χ1n) is 5.82. The molecule has 2 aromatic rings. The van der Waals surface area contributed by atoms with E-state index in [0.29, 0.717) is 5.69 Å². The van der Waals surface area contributed by atoms with Crippen LogP contribution in [0.4, 0.5) is 24.5 Å². The summed E-state index contributed by atoms with van der Waals surface area (Å²) >= 11 is 0. The minimum atomic E-state index is -4.55. The molecule has 0 aliphatic heterocycles. The van der Waals surface area contributed by atoms with Crippen molar-refractivity contribution in [3.8, 4) is 0 Å². The van der Waals surface area contributed by atoms with Crippen molar-refractivity contribution in [3.63, 3.8) is 0 Å². The van der Waals surface area contributed by atoms with E-state index in [4.69, 9.17) is 5.84 Å². The summed E-state index contributed by atoms with van der Waals surface area (Å²) < 4.78 is 38.4. The SMILES string of the molecule is NNc1ccc(C(=O)Nc2ccccc2C(F)(F)F)nc1. The number of para-hydroxylation sites is 1. The standard InChI is InChI=1S/C13H11F3N4O/c14-13(15,16)9-3-1-2-4-10(9)19-12(21)11-6-5-8(20-17)7-18-11/h1-7,20H,17H2,(H,19,21). The fourth-order valence-electron chi connectivity index (χ4n) is 1.64. The zero-order chi connectivity index (χ0) is 15.5. The van der Waals surface area contributed by atoms with Crippen LogP contribution in [0.15, 0.2) is 42.6 Å². The van der Waals surface area contributed by atoms with E-state index in [1.54, 1.807) is 0 Å². The van der Waals surface area contributed by atoms with Gasteiger partial charge in [-0.05, 0) is 24.3 Å². The van der Waals surface area contributed by atoms with Crippen LogP contribution in [0.5, 0.6) is 0 Å². The van der Waals surface area contributed by atoms with Gasteiger partial charge in [-0.3, -0.25) is 10.6 Å². The molecule has 1 amide bonds. The number of amides is 1. The number of hydrazine groups is 1. The molecule has 0 spiro atoms. The number of rotatable bonds is 3. The molecule has 1 heterocycles. The van der Waals surface area contributed by atoms with Crippen LogP contribution in [-0.4, -0.2) is 10.9 Å². The van der Waals surface area contributed by atoms with Gasteiger partial charge in [0.1, 0.15) is 5.69 Å². The summed E-state index contributed by atoms with van der Waals surface area (Å²) in [4.78, 5) is 15.7. The Labute approximate surface area is 118 Å². The number of alkyl halides is 3. The molecule has 8 heteroatoms. The number of nitrogen functional groups attached to an aromatic ring is 1. The Morgan fingerprint density at radius 2 is 1.86 bits per heavy atom. The van der Waals surface area contributed by atoms with Gasteiger partial charge in [0.25, 0.3) is 5.91 Å². The van der Waals surface area contributed by atoms with Crippen molar-refractivity contribution >= 4 is 17.3 Å². The Kier molecular flexibility index (Phi) is 4.08. The fourth-order valence-corrected chi connectivity index (χ4v) is 1.64. The zero-order valence-corrected chi connectivity index (χ0v) is 10.6. The van der Waals surface area contributed by atoms with Crippen LogP contribution in [0, 0.1) is 0 Å². The number of carbonyl (C=O) groups is 1. The lowest BCUT2D eigenvalue weighted by atomic mass is 10.1. The molecule has 110 valence electrons. The summed E-state index contributed by atoms with van der Waals surface area (Å²) in [5.74, 6) is 4.41. The van der Waals surface area contributed by atoms with Crippen molar-refractivity contribution in [1.82, 2.24) is 4.98 Å². The van der Waals surface area contributed by atoms with Crippen LogP contribution >= 0.6 is 0 Å². The minimum absolute atomic E-state index is 0.0222. The maximum atomic E-state index is 12.8. The Morgan fingerprint density at radius 3 is 2.43 bits per heavy atom. The van der Waals surface area contributed by atoms with Gasteiger partial charge < -0.3 is 10.7 Å². The highest BCUT2D eigenvalue weighted by Gasteiger charge is 2.33. The molecule has 0 atom stereocenters. The van der Waals surface area contributed by atoms with Gasteiger partial charge in [-0.25, -0.2) is 4.98 Å². The van der Waals surface area contributed by atoms with E-state index in [1.165, 1.54) is 36.5 Å². The first-order valence-corrected chi connectivity index (χ1v) is 5.82. The molecule has 0 unspecified atom stereocenters. The third kappa shape index (κ3) is 3.48. The second kappa shape index (κ2) is 5.80. The first-order chi connectivity index (χ1) is 9.91. The molecule has 5 nitrogen and oxygen atoms in total. The van der Waals surface area contributed by atoms with Crippen molar-refractivity contribution in [3.05, 3.63) is 53.9 Å². The lowest BCUT2D eigenvalue weighted by Crippen LogP contribution is -2.18. The van der Waals surface area contributed by atoms with Gasteiger partial charge in [0.15, 0.2) is 0 Å². The molecule has 4 N–H and O–H groups in total. The molecule has 1 aromatic carbocycles. The number of benzene rings is 1. The molecule has 21 heavy (non-hydrogen) atoms. The smallest absolute Gasteiger partial charge is 0.323 e. The number of nitrogens with zero attached hydrogens (tertiary/aromatic N) is 1. The number of hydrogen-bond acceptors (Lipinski definition) is 4. The number of nitrogens with one attached hydrogen (secondary N) is 2. The fraction of sp³-hybridized carbons (Fsp3) is 0.0769. The predicted molar refractivity (Wildman–Crippen MR) is 71.4 cm³/mol. The molecule has 0 saturated carbocycles. The average Bonchev–Trinajstić information content (AvgIpc) is 2.47. The van der Waals surface area contributed by atoms with E-state index in [2.05, 4.69) is 15.7 Å². The Morgan fingerprint density at radius 1 is 1.14 bits per heavy atom. The molecule has 0 fully saturated rings. The summed E-state index contributed by atoms with van der Waals surface area (Å²) in [7, 11) is 0. The van der Waals surface area contributed by atoms with Gasteiger partial charge >= 0.3 is 6.18 Å². The van der Waals surface area contributed by atoms with E-state index >= 15 is 0 Å². The quantitative estimate of drug-likeness (QED) is 0.601. The number of nitrogens with two attached hydrogens (primary N) is 1. The Hall–Kier alpha value is -2.61. The third-order valence-electron chi connectivity index (χ3n) is 2.64. The number of carbonyl (C=O) groups excluding carboxylic acids is 1. The monoisotopic (exact) mass is 296 g/mol. The number of pyridine rings is 1. The van der Waals surface area contributed by atoms with Crippen LogP contribution in [0.2, 0.25) is 0 Å². The number of aromatic nitrogens is 1. The highest BCUT2D eigenvalue weighted by Crippen LogP contribution is 2.34. The molecule has 0 saturated heterocycles.